The molecule has 0 saturated carbocycles. The first-order chi connectivity index (χ1) is 21.4. The highest BCUT2D eigenvalue weighted by Gasteiger charge is 2.40. The summed E-state index contributed by atoms with van der Waals surface area (Å²) in [6.07, 6.45) is 6.69. The number of ether oxygens (including phenoxy) is 3. The van der Waals surface area contributed by atoms with Gasteiger partial charge < -0.3 is 34.1 Å². The first kappa shape index (κ1) is 32.8. The number of piperidine rings is 1. The van der Waals surface area contributed by atoms with Crippen molar-refractivity contribution in [1.82, 2.24) is 15.1 Å². The number of hydrogen-bond acceptors (Lipinski definition) is 8. The van der Waals surface area contributed by atoms with Crippen molar-refractivity contribution in [2.24, 2.45) is 0 Å². The Morgan fingerprint density at radius 3 is 2.45 bits per heavy atom. The zero-order valence-corrected chi connectivity index (χ0v) is 26.3. The summed E-state index contributed by atoms with van der Waals surface area (Å²) in [7, 11) is 6.30. The van der Waals surface area contributed by atoms with E-state index in [9.17, 15) is 19.6 Å². The van der Waals surface area contributed by atoms with Crippen molar-refractivity contribution in [3.05, 3.63) is 52.6 Å². The highest BCUT2D eigenvalue weighted by molar-refractivity contribution is 6.01. The molecule has 2 aliphatic heterocycles. The molecule has 4 rings (SSSR count). The van der Waals surface area contributed by atoms with Gasteiger partial charge in [0.2, 0.25) is 11.7 Å². The number of rotatable bonds is 15. The van der Waals surface area contributed by atoms with E-state index in [0.717, 1.165) is 68.3 Å². The Balaban J connectivity index is 1.30. The molecule has 236 valence electrons. The maximum Gasteiger partial charge on any atom is 0.255 e. The topological polar surface area (TPSA) is 121 Å². The minimum Gasteiger partial charge on any atom is -0.493 e. The molecular formula is C34H44N4O6. The number of likely N-dealkylation sites (N-methyl/N-ethyl adjacent to an activating group) is 1. The number of benzene rings is 2. The second-order valence-electron chi connectivity index (χ2n) is 11.5. The van der Waals surface area contributed by atoms with Crippen molar-refractivity contribution in [1.29, 1.82) is 5.26 Å². The van der Waals surface area contributed by atoms with E-state index >= 15 is 0 Å². The van der Waals surface area contributed by atoms with Gasteiger partial charge in [0.1, 0.15) is 12.3 Å². The average Bonchev–Trinajstić information content (AvgIpc) is 3.40. The summed E-state index contributed by atoms with van der Waals surface area (Å²) >= 11 is 0. The molecule has 1 N–H and O–H groups in total. The highest BCUT2D eigenvalue weighted by Crippen LogP contribution is 2.47. The summed E-state index contributed by atoms with van der Waals surface area (Å²) in [6.45, 7) is 3.01. The van der Waals surface area contributed by atoms with Gasteiger partial charge in [-0.15, -0.1) is 0 Å². The molecule has 10 nitrogen and oxygen atoms in total. The lowest BCUT2D eigenvalue weighted by Gasteiger charge is -2.38. The van der Waals surface area contributed by atoms with Crippen LogP contribution >= 0.6 is 0 Å². The molecule has 0 bridgehead atoms. The van der Waals surface area contributed by atoms with Crippen LogP contribution in [0.2, 0.25) is 0 Å². The molecular weight excluding hydrogens is 560 g/mol. The molecule has 1 fully saturated rings. The SMILES string of the molecule is CNC(=O)C(CCC=O)N1Cc2c(CCCCCN3CCC(C#N)(c4ccc(OC)c(OC)c4OC)CC3)cccc2C1=O. The summed E-state index contributed by atoms with van der Waals surface area (Å²) in [6, 6.07) is 11.5. The number of fused-ring (bicyclic) bond motifs is 1. The summed E-state index contributed by atoms with van der Waals surface area (Å²) < 4.78 is 16.7. The molecule has 0 aromatic heterocycles. The van der Waals surface area contributed by atoms with E-state index in [1.165, 1.54) is 0 Å². The lowest BCUT2D eigenvalue weighted by Crippen LogP contribution is -2.46. The lowest BCUT2D eigenvalue weighted by molar-refractivity contribution is -0.125. The Labute approximate surface area is 260 Å². The number of aldehydes is 1. The van der Waals surface area contributed by atoms with Gasteiger partial charge in [-0.2, -0.15) is 5.26 Å². The van der Waals surface area contributed by atoms with E-state index in [4.69, 9.17) is 14.2 Å². The van der Waals surface area contributed by atoms with E-state index < -0.39 is 11.5 Å². The monoisotopic (exact) mass is 604 g/mol. The molecule has 1 atom stereocenters. The van der Waals surface area contributed by atoms with E-state index in [0.29, 0.717) is 48.6 Å². The van der Waals surface area contributed by atoms with Crippen LogP contribution in [-0.2, 0) is 28.0 Å². The smallest absolute Gasteiger partial charge is 0.255 e. The molecule has 0 radical (unpaired) electrons. The van der Waals surface area contributed by atoms with Crippen molar-refractivity contribution < 1.29 is 28.6 Å². The number of amides is 2. The third kappa shape index (κ3) is 6.68. The number of nitriles is 1. The summed E-state index contributed by atoms with van der Waals surface area (Å²) in [5.74, 6) is 1.25. The van der Waals surface area contributed by atoms with E-state index in [1.807, 2.05) is 24.3 Å². The minimum absolute atomic E-state index is 0.148. The fourth-order valence-electron chi connectivity index (χ4n) is 6.63. The zero-order chi connectivity index (χ0) is 31.7. The van der Waals surface area contributed by atoms with Crippen LogP contribution in [0.5, 0.6) is 17.2 Å². The van der Waals surface area contributed by atoms with Gasteiger partial charge in [-0.3, -0.25) is 9.59 Å². The van der Waals surface area contributed by atoms with Crippen molar-refractivity contribution in [2.45, 2.75) is 69.4 Å². The van der Waals surface area contributed by atoms with E-state index in [-0.39, 0.29) is 18.2 Å². The van der Waals surface area contributed by atoms with Crippen LogP contribution in [-0.4, -0.2) is 82.0 Å². The Morgan fingerprint density at radius 2 is 1.82 bits per heavy atom. The second-order valence-corrected chi connectivity index (χ2v) is 11.5. The van der Waals surface area contributed by atoms with E-state index in [2.05, 4.69) is 22.4 Å². The highest BCUT2D eigenvalue weighted by atomic mass is 16.5. The molecule has 1 unspecified atom stereocenters. The summed E-state index contributed by atoms with van der Waals surface area (Å²) in [4.78, 5) is 40.7. The normalized spacial score (nSPS) is 16.5. The van der Waals surface area contributed by atoms with Crippen molar-refractivity contribution in [3.8, 4) is 23.3 Å². The van der Waals surface area contributed by atoms with Gasteiger partial charge in [-0.25, -0.2) is 0 Å². The van der Waals surface area contributed by atoms with Crippen LogP contribution in [0.15, 0.2) is 30.3 Å². The molecule has 44 heavy (non-hydrogen) atoms. The molecule has 0 aliphatic carbocycles. The van der Waals surface area contributed by atoms with Crippen LogP contribution in [0, 0.1) is 11.3 Å². The Bertz CT molecular complexity index is 1380. The molecule has 0 spiro atoms. The molecule has 1 saturated heterocycles. The van der Waals surface area contributed by atoms with Crippen LogP contribution in [0.3, 0.4) is 0 Å². The maximum atomic E-state index is 13.2. The largest absolute Gasteiger partial charge is 0.493 e. The van der Waals surface area contributed by atoms with Crippen molar-refractivity contribution >= 4 is 18.1 Å². The number of carbonyl (C=O) groups is 3. The number of nitrogens with zero attached hydrogens (tertiary/aromatic N) is 3. The van der Waals surface area contributed by atoms with Gasteiger partial charge in [-0.05, 0) is 87.5 Å². The fraction of sp³-hybridized carbons (Fsp3) is 0.529. The van der Waals surface area contributed by atoms with Crippen molar-refractivity contribution in [3.63, 3.8) is 0 Å². The number of hydrogen-bond donors (Lipinski definition) is 1. The van der Waals surface area contributed by atoms with Gasteiger partial charge in [0, 0.05) is 31.1 Å². The van der Waals surface area contributed by atoms with Gasteiger partial charge in [-0.1, -0.05) is 18.6 Å². The van der Waals surface area contributed by atoms with Crippen LogP contribution < -0.4 is 19.5 Å². The van der Waals surface area contributed by atoms with Gasteiger partial charge in [0.25, 0.3) is 5.91 Å². The van der Waals surface area contributed by atoms with E-state index in [1.54, 1.807) is 33.3 Å². The third-order valence-corrected chi connectivity index (χ3v) is 9.14. The van der Waals surface area contributed by atoms with Crippen molar-refractivity contribution in [2.75, 3.05) is 48.0 Å². The van der Waals surface area contributed by atoms with Gasteiger partial charge in [0.05, 0.1) is 32.8 Å². The fourth-order valence-corrected chi connectivity index (χ4v) is 6.63. The standard InChI is InChI=1S/C34H44N4O6/c1-36-32(40)28(13-9-21-39)38-22-26-24(11-8-12-25(26)33(38)41)10-6-5-7-18-37-19-16-34(23-35,17-20-37)27-14-15-29(42-2)31(44-4)30(27)43-3/h8,11-12,14-15,21,28H,5-7,9-10,13,16-20,22H2,1-4H3,(H,36,40). The molecule has 10 heteroatoms. The molecule has 2 amide bonds. The summed E-state index contributed by atoms with van der Waals surface area (Å²) in [5, 5.41) is 12.9. The first-order valence-electron chi connectivity index (χ1n) is 15.4. The predicted octanol–water partition coefficient (Wildman–Crippen LogP) is 4.03. The number of carbonyl (C=O) groups excluding carboxylic acids is 3. The minimum atomic E-state index is -0.657. The third-order valence-electron chi connectivity index (χ3n) is 9.14. The van der Waals surface area contributed by atoms with Gasteiger partial charge in [0.15, 0.2) is 11.5 Å². The first-order valence-corrected chi connectivity index (χ1v) is 15.4. The zero-order valence-electron chi connectivity index (χ0n) is 26.3. The van der Waals surface area contributed by atoms with Crippen LogP contribution in [0.4, 0.5) is 0 Å². The number of methoxy groups -OCH3 is 3. The Morgan fingerprint density at radius 1 is 1.07 bits per heavy atom. The summed E-state index contributed by atoms with van der Waals surface area (Å²) in [5.41, 5.74) is 2.99. The number of unbranched alkanes of at least 4 members (excludes halogenated alkanes) is 2. The second kappa shape index (κ2) is 15.1. The molecule has 2 aromatic carbocycles. The quantitative estimate of drug-likeness (QED) is 0.239. The van der Waals surface area contributed by atoms with Gasteiger partial charge >= 0.3 is 0 Å². The van der Waals surface area contributed by atoms with Crippen LogP contribution in [0.1, 0.15) is 72.0 Å². The lowest BCUT2D eigenvalue weighted by atomic mass is 9.73. The number of likely N-dealkylation sites (tertiary alicyclic amines) is 1. The molecule has 2 aliphatic rings. The Kier molecular flexibility index (Phi) is 11.2. The Hall–Kier alpha value is -4.10. The average molecular weight is 605 g/mol. The molecule has 2 heterocycles. The van der Waals surface area contributed by atoms with Crippen LogP contribution in [0.25, 0.3) is 0 Å². The molecule has 2 aromatic rings. The maximum absolute atomic E-state index is 13.2. The predicted molar refractivity (Wildman–Crippen MR) is 166 cm³/mol. The number of aryl methyl sites for hydroxylation is 1. The number of nitrogens with one attached hydrogen (secondary N) is 1.